The average Bonchev–Trinajstić information content (AvgIpc) is 3.06. The minimum absolute atomic E-state index is 0.226. The topological polar surface area (TPSA) is 67.2 Å². The molecule has 2 aromatic carbocycles. The molecule has 0 spiro atoms. The van der Waals surface area contributed by atoms with E-state index in [-0.39, 0.29) is 30.7 Å². The molecule has 7 heteroatoms. The minimum atomic E-state index is -1.19. The van der Waals surface area contributed by atoms with E-state index in [1.165, 1.54) is 12.1 Å². The Bertz CT molecular complexity index is 1150. The monoisotopic (exact) mass is 420 g/mol. The van der Waals surface area contributed by atoms with E-state index in [0.29, 0.717) is 11.4 Å². The Balaban J connectivity index is 1.72. The Morgan fingerprint density at radius 2 is 1.74 bits per heavy atom. The number of aromatic nitrogens is 2. The zero-order chi connectivity index (χ0) is 22.3. The summed E-state index contributed by atoms with van der Waals surface area (Å²) in [6.45, 7) is 7.96. The number of carbonyl (C=O) groups excluding carboxylic acids is 2. The summed E-state index contributed by atoms with van der Waals surface area (Å²) in [5.74, 6) is -0.901. The summed E-state index contributed by atoms with van der Waals surface area (Å²) in [7, 11) is 0. The fraction of sp³-hybridized carbons (Fsp3) is 0.292. The average molecular weight is 420 g/mol. The van der Waals surface area contributed by atoms with Crippen LogP contribution in [-0.4, -0.2) is 27.1 Å². The number of aryl methyl sites for hydroxylation is 3. The predicted octanol–water partition coefficient (Wildman–Crippen LogP) is 3.68. The number of carbonyl (C=O) groups is 2. The molecule has 1 atom stereocenters. The molecular formula is C24H25FN4O2. The standard InChI is InChI=1S/C24H25FN4O2/c1-15-9-16(2)11-20(10-15)29-22(30)21-12-17(3)27-28(21)14-24(29,4)23(31)26-13-18-5-7-19(25)8-6-18/h5-12H,13-14H2,1-4H3,(H,26,31)/t24-/m0/s1. The normalized spacial score (nSPS) is 18.1. The molecule has 31 heavy (non-hydrogen) atoms. The Kier molecular flexibility index (Phi) is 5.13. The molecule has 1 N–H and O–H groups in total. The van der Waals surface area contributed by atoms with Crippen LogP contribution in [0.3, 0.4) is 0 Å². The molecular weight excluding hydrogens is 395 g/mol. The van der Waals surface area contributed by atoms with Crippen LogP contribution in [0.4, 0.5) is 10.1 Å². The van der Waals surface area contributed by atoms with Gasteiger partial charge in [-0.3, -0.25) is 19.2 Å². The predicted molar refractivity (Wildman–Crippen MR) is 116 cm³/mol. The second-order valence-electron chi connectivity index (χ2n) is 8.40. The first kappa shape index (κ1) is 20.8. The van der Waals surface area contributed by atoms with Crippen molar-refractivity contribution >= 4 is 17.5 Å². The number of hydrogen-bond acceptors (Lipinski definition) is 3. The van der Waals surface area contributed by atoms with Crippen molar-refractivity contribution < 1.29 is 14.0 Å². The van der Waals surface area contributed by atoms with Gasteiger partial charge in [0.05, 0.1) is 12.2 Å². The first-order valence-electron chi connectivity index (χ1n) is 10.2. The van der Waals surface area contributed by atoms with Crippen molar-refractivity contribution in [2.75, 3.05) is 4.90 Å². The van der Waals surface area contributed by atoms with E-state index in [9.17, 15) is 14.0 Å². The van der Waals surface area contributed by atoms with Crippen molar-refractivity contribution in [3.8, 4) is 0 Å². The van der Waals surface area contributed by atoms with Crippen molar-refractivity contribution in [2.45, 2.75) is 46.3 Å². The van der Waals surface area contributed by atoms with Crippen molar-refractivity contribution in [1.29, 1.82) is 0 Å². The lowest BCUT2D eigenvalue weighted by atomic mass is 9.93. The van der Waals surface area contributed by atoms with E-state index in [0.717, 1.165) is 22.4 Å². The van der Waals surface area contributed by atoms with Gasteiger partial charge in [-0.2, -0.15) is 5.10 Å². The highest BCUT2D eigenvalue weighted by molar-refractivity contribution is 6.11. The summed E-state index contributed by atoms with van der Waals surface area (Å²) in [6.07, 6.45) is 0. The highest BCUT2D eigenvalue weighted by atomic mass is 19.1. The van der Waals surface area contributed by atoms with E-state index < -0.39 is 5.54 Å². The van der Waals surface area contributed by atoms with Gasteiger partial charge in [0.1, 0.15) is 17.1 Å². The molecule has 1 aliphatic rings. The summed E-state index contributed by atoms with van der Waals surface area (Å²) >= 11 is 0. The van der Waals surface area contributed by atoms with Crippen molar-refractivity contribution in [3.05, 3.63) is 82.4 Å². The van der Waals surface area contributed by atoms with Crippen molar-refractivity contribution in [2.24, 2.45) is 0 Å². The maximum atomic E-state index is 13.5. The van der Waals surface area contributed by atoms with Gasteiger partial charge < -0.3 is 5.32 Å². The third-order valence-corrected chi connectivity index (χ3v) is 5.60. The number of benzene rings is 2. The Morgan fingerprint density at radius 3 is 2.39 bits per heavy atom. The zero-order valence-electron chi connectivity index (χ0n) is 18.1. The molecule has 0 bridgehead atoms. The van der Waals surface area contributed by atoms with E-state index in [4.69, 9.17) is 0 Å². The summed E-state index contributed by atoms with van der Waals surface area (Å²) in [6, 6.07) is 13.6. The Hall–Kier alpha value is -3.48. The fourth-order valence-electron chi connectivity index (χ4n) is 4.17. The molecule has 2 amide bonds. The summed E-state index contributed by atoms with van der Waals surface area (Å²) < 4.78 is 14.8. The van der Waals surface area contributed by atoms with Crippen molar-refractivity contribution in [1.82, 2.24) is 15.1 Å². The second kappa shape index (κ2) is 7.65. The maximum absolute atomic E-state index is 13.5. The van der Waals surface area contributed by atoms with Crippen LogP contribution >= 0.6 is 0 Å². The van der Waals surface area contributed by atoms with Gasteiger partial charge in [0, 0.05) is 12.2 Å². The highest BCUT2D eigenvalue weighted by Crippen LogP contribution is 2.34. The van der Waals surface area contributed by atoms with E-state index in [1.54, 1.807) is 34.7 Å². The molecule has 1 aromatic heterocycles. The number of halogens is 1. The molecule has 4 rings (SSSR count). The molecule has 2 heterocycles. The zero-order valence-corrected chi connectivity index (χ0v) is 18.1. The first-order chi connectivity index (χ1) is 14.7. The molecule has 0 radical (unpaired) electrons. The lowest BCUT2D eigenvalue weighted by molar-refractivity contribution is -0.126. The highest BCUT2D eigenvalue weighted by Gasteiger charge is 2.48. The van der Waals surface area contributed by atoms with Crippen LogP contribution in [0.1, 0.15) is 39.8 Å². The van der Waals surface area contributed by atoms with Gasteiger partial charge >= 0.3 is 0 Å². The lowest BCUT2D eigenvalue weighted by Gasteiger charge is -2.43. The lowest BCUT2D eigenvalue weighted by Crippen LogP contribution is -2.64. The molecule has 0 aliphatic carbocycles. The van der Waals surface area contributed by atoms with Gasteiger partial charge in [0.25, 0.3) is 5.91 Å². The Labute approximate surface area is 180 Å². The molecule has 0 fully saturated rings. The van der Waals surface area contributed by atoms with Crippen LogP contribution in [0.5, 0.6) is 0 Å². The summed E-state index contributed by atoms with van der Waals surface area (Å²) in [5, 5.41) is 7.34. The van der Waals surface area contributed by atoms with Crippen LogP contribution < -0.4 is 10.2 Å². The van der Waals surface area contributed by atoms with Crippen LogP contribution in [0.2, 0.25) is 0 Å². The number of rotatable bonds is 4. The molecule has 160 valence electrons. The van der Waals surface area contributed by atoms with E-state index in [1.807, 2.05) is 39.0 Å². The number of anilines is 1. The van der Waals surface area contributed by atoms with Crippen LogP contribution in [0.25, 0.3) is 0 Å². The van der Waals surface area contributed by atoms with E-state index in [2.05, 4.69) is 10.4 Å². The minimum Gasteiger partial charge on any atom is -0.350 e. The van der Waals surface area contributed by atoms with Gasteiger partial charge in [-0.25, -0.2) is 4.39 Å². The fourth-order valence-corrected chi connectivity index (χ4v) is 4.17. The molecule has 0 saturated heterocycles. The largest absolute Gasteiger partial charge is 0.350 e. The third kappa shape index (κ3) is 3.83. The summed E-state index contributed by atoms with van der Waals surface area (Å²) in [4.78, 5) is 28.6. The third-order valence-electron chi connectivity index (χ3n) is 5.60. The van der Waals surface area contributed by atoms with Crippen LogP contribution in [0, 0.1) is 26.6 Å². The number of fused-ring (bicyclic) bond motifs is 1. The van der Waals surface area contributed by atoms with Gasteiger partial charge in [-0.15, -0.1) is 0 Å². The molecule has 1 aliphatic heterocycles. The van der Waals surface area contributed by atoms with Gasteiger partial charge in [-0.1, -0.05) is 18.2 Å². The van der Waals surface area contributed by atoms with Crippen LogP contribution in [-0.2, 0) is 17.9 Å². The summed E-state index contributed by atoms with van der Waals surface area (Å²) in [5.41, 5.74) is 3.45. The van der Waals surface area contributed by atoms with Crippen molar-refractivity contribution in [3.63, 3.8) is 0 Å². The smallest absolute Gasteiger partial charge is 0.277 e. The second-order valence-corrected chi connectivity index (χ2v) is 8.40. The van der Waals surface area contributed by atoms with Gasteiger partial charge in [0.2, 0.25) is 5.91 Å². The number of nitrogens with one attached hydrogen (secondary N) is 1. The molecule has 0 unspecified atom stereocenters. The molecule has 3 aromatic rings. The van der Waals surface area contributed by atoms with Gasteiger partial charge in [-0.05, 0) is 74.7 Å². The molecule has 0 saturated carbocycles. The maximum Gasteiger partial charge on any atom is 0.277 e. The quantitative estimate of drug-likeness (QED) is 0.700. The number of hydrogen-bond donors (Lipinski definition) is 1. The number of nitrogens with zero attached hydrogens (tertiary/aromatic N) is 3. The Morgan fingerprint density at radius 1 is 1.10 bits per heavy atom. The SMILES string of the molecule is Cc1cc(C)cc(N2C(=O)c3cc(C)nn3C[C@@]2(C)C(=O)NCc2ccc(F)cc2)c1. The van der Waals surface area contributed by atoms with E-state index >= 15 is 0 Å². The van der Waals surface area contributed by atoms with Gasteiger partial charge in [0.15, 0.2) is 0 Å². The molecule has 6 nitrogen and oxygen atoms in total. The van der Waals surface area contributed by atoms with Crippen LogP contribution in [0.15, 0.2) is 48.5 Å². The number of amides is 2. The first-order valence-corrected chi connectivity index (χ1v) is 10.2.